The minimum absolute atomic E-state index is 0.108. The van der Waals surface area contributed by atoms with Gasteiger partial charge in [0.1, 0.15) is 18.3 Å². The lowest BCUT2D eigenvalue weighted by Gasteiger charge is -2.31. The van der Waals surface area contributed by atoms with Gasteiger partial charge in [-0.2, -0.15) is 0 Å². The maximum absolute atomic E-state index is 10.8. The summed E-state index contributed by atoms with van der Waals surface area (Å²) in [4.78, 5) is 5.87. The molecule has 0 bridgehead atoms. The highest BCUT2D eigenvalue weighted by atomic mass is 16.3. The summed E-state index contributed by atoms with van der Waals surface area (Å²) in [5.74, 6) is 111. The molecule has 9 heteroatoms. The third kappa shape index (κ3) is 47.9. The van der Waals surface area contributed by atoms with Crippen LogP contribution in [0, 0.1) is 286 Å². The van der Waals surface area contributed by atoms with Crippen LogP contribution in [0.1, 0.15) is 13.8 Å². The molecule has 0 spiro atoms. The number of hydrogen-bond acceptors (Lipinski definition) is 9. The van der Waals surface area contributed by atoms with E-state index in [2.05, 4.69) is 277 Å². The molecule has 0 aromatic carbocycles. The highest BCUT2D eigenvalue weighted by Crippen LogP contribution is 2.01. The summed E-state index contributed by atoms with van der Waals surface area (Å²) in [7, 11) is 0. The molecule has 9 nitrogen and oxygen atoms in total. The van der Waals surface area contributed by atoms with Crippen LogP contribution in [0.2, 0.25) is 0 Å². The Kier molecular flexibility index (Phi) is 42.3. The lowest BCUT2D eigenvalue weighted by atomic mass is 10.2. The summed E-state index contributed by atoms with van der Waals surface area (Å²) in [5, 5.41) is 55.7. The molecule has 5 atom stereocenters. The zero-order valence-electron chi connectivity index (χ0n) is 41.0. The number of aliphatic hydroxyl groups excluding tert-OH is 5. The molecule has 0 fully saturated rings. The molecule has 0 aromatic rings. The van der Waals surface area contributed by atoms with Crippen LogP contribution in [0.25, 0.3) is 0 Å². The second-order valence-electron chi connectivity index (χ2n) is 13.6. The van der Waals surface area contributed by atoms with Gasteiger partial charge in [0.25, 0.3) is 0 Å². The Bertz CT molecular complexity index is 3400. The van der Waals surface area contributed by atoms with Crippen LogP contribution in [0.15, 0.2) is 0 Å². The van der Waals surface area contributed by atoms with Gasteiger partial charge < -0.3 is 30.8 Å². The number of nitrogens with zero attached hydrogens (tertiary/aromatic N) is 3. The molecule has 356 valence electrons. The summed E-state index contributed by atoms with van der Waals surface area (Å²) in [5.41, 5.74) is 0. The summed E-state index contributed by atoms with van der Waals surface area (Å²) in [6.07, 6.45) is 10.3. The lowest BCUT2D eigenvalue weighted by Crippen LogP contribution is -2.46. The first-order valence-corrected chi connectivity index (χ1v) is 21.8. The van der Waals surface area contributed by atoms with Crippen molar-refractivity contribution >= 4 is 0 Å². The highest BCUT2D eigenvalue weighted by molar-refractivity contribution is 5.48. The van der Waals surface area contributed by atoms with Crippen LogP contribution in [-0.4, -0.2) is 143 Å². The van der Waals surface area contributed by atoms with Crippen molar-refractivity contribution in [2.24, 2.45) is 0 Å². The van der Waals surface area contributed by atoms with Crippen LogP contribution in [0.4, 0.5) is 0 Å². The zero-order valence-corrected chi connectivity index (χ0v) is 41.0. The standard InChI is InChI=1S/C66H42N4O5/c1-6-9-12-15-18-21-24-27-30-33-36-39-42-45-48-64(73)57-67-51-52-68(53-55-69(58-62(4)71)60-65(74)49-46-43-40-37-34-31-28-25-22-19-16-13-10-7-2)54-56-70(59-63(5)72)61-66(75)50-47-44-41-38-35-32-29-26-23-20-17-14-11-8-3/h1-3,62-67,71-75H,51-61H2,4-5H3. The van der Waals surface area contributed by atoms with Crippen molar-refractivity contribution in [1.29, 1.82) is 0 Å². The minimum Gasteiger partial charge on any atom is -0.392 e. The highest BCUT2D eigenvalue weighted by Gasteiger charge is 2.17. The predicted molar refractivity (Wildman–Crippen MR) is 293 cm³/mol. The molecular formula is C66H42N4O5. The van der Waals surface area contributed by atoms with Gasteiger partial charge in [0.2, 0.25) is 0 Å². The maximum atomic E-state index is 10.8. The average molecular weight is 971 g/mol. The molecule has 0 saturated carbocycles. The van der Waals surface area contributed by atoms with Crippen molar-refractivity contribution in [2.45, 2.75) is 44.4 Å². The number of terminal acetylenes is 3. The largest absolute Gasteiger partial charge is 0.392 e. The Labute approximate surface area is 445 Å². The smallest absolute Gasteiger partial charge is 0.128 e. The average Bonchev–Trinajstić information content (AvgIpc) is 3.37. The molecular weight excluding hydrogens is 929 g/mol. The Morgan fingerprint density at radius 2 is 0.520 bits per heavy atom. The first-order chi connectivity index (χ1) is 36.6. The van der Waals surface area contributed by atoms with Gasteiger partial charge >= 0.3 is 0 Å². The topological polar surface area (TPSA) is 123 Å². The van der Waals surface area contributed by atoms with Gasteiger partial charge in [-0.15, -0.1) is 19.3 Å². The Hall–Kier alpha value is -10.9. The van der Waals surface area contributed by atoms with E-state index in [4.69, 9.17) is 19.3 Å². The van der Waals surface area contributed by atoms with E-state index in [1.165, 1.54) is 0 Å². The van der Waals surface area contributed by atoms with Crippen molar-refractivity contribution in [1.82, 2.24) is 20.0 Å². The van der Waals surface area contributed by atoms with Gasteiger partial charge in [-0.3, -0.25) is 14.7 Å². The first kappa shape index (κ1) is 64.1. The Morgan fingerprint density at radius 1 is 0.293 bits per heavy atom. The first-order valence-electron chi connectivity index (χ1n) is 21.8. The third-order valence-corrected chi connectivity index (χ3v) is 7.50. The molecule has 0 amide bonds. The predicted octanol–water partition coefficient (Wildman–Crippen LogP) is -2.70. The van der Waals surface area contributed by atoms with Crippen molar-refractivity contribution in [3.63, 3.8) is 0 Å². The molecule has 0 aliphatic rings. The number of rotatable bonds is 19. The fourth-order valence-electron chi connectivity index (χ4n) is 4.77. The Balaban J connectivity index is 6.00. The van der Waals surface area contributed by atoms with Crippen molar-refractivity contribution in [2.75, 3.05) is 72.0 Å². The van der Waals surface area contributed by atoms with Crippen LogP contribution >= 0.6 is 0 Å². The SMILES string of the molecule is C#CC#CC#CC#CC#CC#CC#CC#CC(O)CNCCN(CCN(CC(C)O)CC(O)C#CC#CC#CC#CC#CC#CC#CC#C)CCN(CC(C)O)CC(O)C#CC#CC#CC#CC#CC#CC#CC#C. The summed E-state index contributed by atoms with van der Waals surface area (Å²) >= 11 is 0. The zero-order chi connectivity index (χ0) is 54.9. The van der Waals surface area contributed by atoms with Gasteiger partial charge in [-0.1, -0.05) is 17.8 Å². The molecule has 0 heterocycles. The van der Waals surface area contributed by atoms with E-state index in [-0.39, 0.29) is 32.7 Å². The number of aliphatic hydroxyl groups is 5. The fraction of sp³-hybridized carbons (Fsp3) is 0.273. The summed E-state index contributed by atoms with van der Waals surface area (Å²) in [6.45, 7) is 6.84. The monoisotopic (exact) mass is 970 g/mol. The lowest BCUT2D eigenvalue weighted by molar-refractivity contribution is 0.0761. The number of nitrogens with one attached hydrogen (secondary N) is 1. The summed E-state index contributed by atoms with van der Waals surface area (Å²) < 4.78 is 0. The number of hydrogen-bond donors (Lipinski definition) is 6. The van der Waals surface area contributed by atoms with E-state index in [9.17, 15) is 25.5 Å². The van der Waals surface area contributed by atoms with Crippen molar-refractivity contribution < 1.29 is 25.5 Å². The van der Waals surface area contributed by atoms with Gasteiger partial charge in [-0.05, 0) is 263 Å². The van der Waals surface area contributed by atoms with E-state index in [1.54, 1.807) is 13.8 Å². The molecule has 6 N–H and O–H groups in total. The molecule has 0 radical (unpaired) electrons. The van der Waals surface area contributed by atoms with Crippen LogP contribution in [0.3, 0.4) is 0 Å². The normalized spacial score (nSPS) is 9.32. The van der Waals surface area contributed by atoms with E-state index < -0.39 is 30.5 Å². The van der Waals surface area contributed by atoms with Crippen molar-refractivity contribution in [3.8, 4) is 286 Å². The minimum atomic E-state index is -1.10. The maximum Gasteiger partial charge on any atom is 0.128 e. The molecule has 0 aromatic heterocycles. The van der Waals surface area contributed by atoms with Gasteiger partial charge in [-0.25, -0.2) is 0 Å². The Morgan fingerprint density at radius 3 is 0.773 bits per heavy atom. The fourth-order valence-corrected chi connectivity index (χ4v) is 4.77. The van der Waals surface area contributed by atoms with Gasteiger partial charge in [0.15, 0.2) is 0 Å². The second-order valence-corrected chi connectivity index (χ2v) is 13.6. The van der Waals surface area contributed by atoms with Crippen LogP contribution in [-0.2, 0) is 0 Å². The summed E-state index contributed by atoms with van der Waals surface area (Å²) in [6, 6.07) is 0. The van der Waals surface area contributed by atoms with E-state index in [1.807, 2.05) is 9.80 Å². The van der Waals surface area contributed by atoms with Gasteiger partial charge in [0.05, 0.1) is 12.2 Å². The van der Waals surface area contributed by atoms with Crippen LogP contribution in [0.5, 0.6) is 0 Å². The van der Waals surface area contributed by atoms with E-state index in [0.29, 0.717) is 39.3 Å². The third-order valence-electron chi connectivity index (χ3n) is 7.50. The molecule has 5 unspecified atom stereocenters. The quantitative estimate of drug-likeness (QED) is 0.0608. The molecule has 0 aliphatic heterocycles. The molecule has 0 aliphatic carbocycles. The van der Waals surface area contributed by atoms with Gasteiger partial charge in [0, 0.05) is 72.0 Å². The molecule has 0 saturated heterocycles. The molecule has 0 rings (SSSR count). The van der Waals surface area contributed by atoms with Crippen LogP contribution < -0.4 is 5.32 Å². The van der Waals surface area contributed by atoms with Crippen molar-refractivity contribution in [3.05, 3.63) is 0 Å². The molecule has 75 heavy (non-hydrogen) atoms. The van der Waals surface area contributed by atoms with E-state index in [0.717, 1.165) is 0 Å². The second kappa shape index (κ2) is 49.5. The van der Waals surface area contributed by atoms with E-state index >= 15 is 0 Å².